The van der Waals surface area contributed by atoms with Gasteiger partial charge in [-0.05, 0) is 44.9 Å². The topological polar surface area (TPSA) is 28.2 Å². The SMILES string of the molecule is Cc1cccc(CN2CCC23CCCNC3)n1. The average molecular weight is 231 g/mol. The van der Waals surface area contributed by atoms with Crippen molar-refractivity contribution in [3.05, 3.63) is 29.6 Å². The summed E-state index contributed by atoms with van der Waals surface area (Å²) in [5, 5.41) is 3.54. The number of nitrogens with one attached hydrogen (secondary N) is 1. The van der Waals surface area contributed by atoms with E-state index in [0.29, 0.717) is 5.54 Å². The monoisotopic (exact) mass is 231 g/mol. The Labute approximate surface area is 103 Å². The number of pyridine rings is 1. The molecule has 2 saturated heterocycles. The number of hydrogen-bond donors (Lipinski definition) is 1. The van der Waals surface area contributed by atoms with Gasteiger partial charge in [-0.3, -0.25) is 9.88 Å². The van der Waals surface area contributed by atoms with Crippen molar-refractivity contribution in [2.75, 3.05) is 19.6 Å². The zero-order valence-electron chi connectivity index (χ0n) is 10.6. The van der Waals surface area contributed by atoms with E-state index in [-0.39, 0.29) is 0 Å². The van der Waals surface area contributed by atoms with E-state index in [1.807, 2.05) is 0 Å². The van der Waals surface area contributed by atoms with Crippen LogP contribution in [-0.4, -0.2) is 35.1 Å². The van der Waals surface area contributed by atoms with E-state index in [1.54, 1.807) is 0 Å². The van der Waals surface area contributed by atoms with Crippen LogP contribution in [0.15, 0.2) is 18.2 Å². The van der Waals surface area contributed by atoms with Gasteiger partial charge in [0.15, 0.2) is 0 Å². The molecule has 2 fully saturated rings. The highest BCUT2D eigenvalue weighted by molar-refractivity contribution is 5.12. The first-order chi connectivity index (χ1) is 8.28. The predicted octanol–water partition coefficient (Wildman–Crippen LogP) is 1.72. The maximum absolute atomic E-state index is 4.61. The summed E-state index contributed by atoms with van der Waals surface area (Å²) in [6.45, 7) is 6.68. The molecule has 0 bridgehead atoms. The summed E-state index contributed by atoms with van der Waals surface area (Å²) in [5.74, 6) is 0. The Balaban J connectivity index is 1.69. The second kappa shape index (κ2) is 4.39. The molecule has 92 valence electrons. The van der Waals surface area contributed by atoms with Gasteiger partial charge in [0.05, 0.1) is 5.69 Å². The molecule has 1 N–H and O–H groups in total. The fraction of sp³-hybridized carbons (Fsp3) is 0.643. The van der Waals surface area contributed by atoms with Crippen LogP contribution in [0.2, 0.25) is 0 Å². The van der Waals surface area contributed by atoms with Gasteiger partial charge in [0, 0.05) is 30.9 Å². The van der Waals surface area contributed by atoms with Crippen molar-refractivity contribution in [2.24, 2.45) is 0 Å². The second-order valence-corrected chi connectivity index (χ2v) is 5.45. The molecule has 2 aliphatic heterocycles. The van der Waals surface area contributed by atoms with Crippen LogP contribution in [0.1, 0.15) is 30.7 Å². The minimum absolute atomic E-state index is 0.448. The number of aryl methyl sites for hydroxylation is 1. The number of rotatable bonds is 2. The van der Waals surface area contributed by atoms with Gasteiger partial charge >= 0.3 is 0 Å². The Morgan fingerprint density at radius 3 is 3.00 bits per heavy atom. The smallest absolute Gasteiger partial charge is 0.0547 e. The Morgan fingerprint density at radius 1 is 1.41 bits per heavy atom. The second-order valence-electron chi connectivity index (χ2n) is 5.45. The molecule has 1 aromatic rings. The summed E-state index contributed by atoms with van der Waals surface area (Å²) in [7, 11) is 0. The summed E-state index contributed by atoms with van der Waals surface area (Å²) in [4.78, 5) is 7.22. The molecule has 1 unspecified atom stereocenters. The minimum atomic E-state index is 0.448. The minimum Gasteiger partial charge on any atom is -0.315 e. The van der Waals surface area contributed by atoms with E-state index >= 15 is 0 Å². The molecule has 17 heavy (non-hydrogen) atoms. The number of aromatic nitrogens is 1. The first-order valence-corrected chi connectivity index (χ1v) is 6.67. The predicted molar refractivity (Wildman–Crippen MR) is 68.8 cm³/mol. The first-order valence-electron chi connectivity index (χ1n) is 6.67. The van der Waals surface area contributed by atoms with Gasteiger partial charge in [-0.1, -0.05) is 6.07 Å². The Kier molecular flexibility index (Phi) is 2.89. The van der Waals surface area contributed by atoms with Crippen molar-refractivity contribution in [2.45, 2.75) is 38.3 Å². The van der Waals surface area contributed by atoms with E-state index in [0.717, 1.165) is 12.2 Å². The molecule has 0 radical (unpaired) electrons. The molecule has 3 heterocycles. The molecule has 3 nitrogen and oxygen atoms in total. The van der Waals surface area contributed by atoms with E-state index in [4.69, 9.17) is 0 Å². The van der Waals surface area contributed by atoms with E-state index in [1.165, 1.54) is 44.6 Å². The number of likely N-dealkylation sites (tertiary alicyclic amines) is 1. The standard InChI is InChI=1S/C14H21N3/c1-12-4-2-5-13(16-12)10-17-9-7-14(17)6-3-8-15-11-14/h2,4-5,15H,3,6-11H2,1H3. The molecule has 3 heteroatoms. The van der Waals surface area contributed by atoms with E-state index < -0.39 is 0 Å². The van der Waals surface area contributed by atoms with Crippen molar-refractivity contribution in [1.82, 2.24) is 15.2 Å². The van der Waals surface area contributed by atoms with Crippen LogP contribution >= 0.6 is 0 Å². The van der Waals surface area contributed by atoms with Crippen molar-refractivity contribution in [1.29, 1.82) is 0 Å². The zero-order chi connectivity index (χ0) is 11.7. The quantitative estimate of drug-likeness (QED) is 0.840. The molecular formula is C14H21N3. The average Bonchev–Trinajstić information content (AvgIpc) is 2.36. The van der Waals surface area contributed by atoms with Crippen LogP contribution in [0.5, 0.6) is 0 Å². The van der Waals surface area contributed by atoms with Gasteiger partial charge in [-0.2, -0.15) is 0 Å². The van der Waals surface area contributed by atoms with Crippen LogP contribution in [0.4, 0.5) is 0 Å². The third-order valence-electron chi connectivity index (χ3n) is 4.27. The van der Waals surface area contributed by atoms with Gasteiger partial charge in [-0.15, -0.1) is 0 Å². The third kappa shape index (κ3) is 2.09. The molecule has 0 saturated carbocycles. The van der Waals surface area contributed by atoms with Crippen molar-refractivity contribution in [3.8, 4) is 0 Å². The molecule has 1 spiro atoms. The molecule has 2 aliphatic rings. The van der Waals surface area contributed by atoms with Crippen LogP contribution in [0, 0.1) is 6.92 Å². The van der Waals surface area contributed by atoms with Crippen LogP contribution < -0.4 is 5.32 Å². The number of hydrogen-bond acceptors (Lipinski definition) is 3. The highest BCUT2D eigenvalue weighted by atomic mass is 15.3. The van der Waals surface area contributed by atoms with E-state index in [2.05, 4.69) is 40.3 Å². The largest absolute Gasteiger partial charge is 0.315 e. The van der Waals surface area contributed by atoms with Crippen molar-refractivity contribution >= 4 is 0 Å². The summed E-state index contributed by atoms with van der Waals surface area (Å²) >= 11 is 0. The maximum Gasteiger partial charge on any atom is 0.0547 e. The Morgan fingerprint density at radius 2 is 2.35 bits per heavy atom. The molecule has 3 rings (SSSR count). The lowest BCUT2D eigenvalue weighted by atomic mass is 9.78. The number of nitrogens with zero attached hydrogens (tertiary/aromatic N) is 2. The number of piperidine rings is 1. The zero-order valence-corrected chi connectivity index (χ0v) is 10.6. The fourth-order valence-electron chi connectivity index (χ4n) is 3.15. The highest BCUT2D eigenvalue weighted by Crippen LogP contribution is 2.37. The normalized spacial score (nSPS) is 29.2. The molecule has 0 amide bonds. The highest BCUT2D eigenvalue weighted by Gasteiger charge is 2.44. The van der Waals surface area contributed by atoms with Crippen molar-refractivity contribution in [3.63, 3.8) is 0 Å². The lowest BCUT2D eigenvalue weighted by Crippen LogP contribution is -2.65. The molecular weight excluding hydrogens is 210 g/mol. The summed E-state index contributed by atoms with van der Waals surface area (Å²) < 4.78 is 0. The van der Waals surface area contributed by atoms with Gasteiger partial charge in [0.25, 0.3) is 0 Å². The van der Waals surface area contributed by atoms with Crippen LogP contribution in [0.3, 0.4) is 0 Å². The van der Waals surface area contributed by atoms with Gasteiger partial charge in [0.2, 0.25) is 0 Å². The first kappa shape index (κ1) is 11.2. The summed E-state index contributed by atoms with van der Waals surface area (Å²) in [6.07, 6.45) is 4.02. The maximum atomic E-state index is 4.61. The van der Waals surface area contributed by atoms with Gasteiger partial charge in [0.1, 0.15) is 0 Å². The lowest BCUT2D eigenvalue weighted by molar-refractivity contribution is -0.0394. The van der Waals surface area contributed by atoms with Gasteiger partial charge in [-0.25, -0.2) is 0 Å². The Hall–Kier alpha value is -0.930. The molecule has 1 atom stereocenters. The molecule has 0 aromatic carbocycles. The summed E-state index contributed by atoms with van der Waals surface area (Å²) in [6, 6.07) is 6.33. The van der Waals surface area contributed by atoms with Crippen LogP contribution in [-0.2, 0) is 6.54 Å². The molecule has 0 aliphatic carbocycles. The summed E-state index contributed by atoms with van der Waals surface area (Å²) in [5.41, 5.74) is 2.79. The van der Waals surface area contributed by atoms with Crippen molar-refractivity contribution < 1.29 is 0 Å². The van der Waals surface area contributed by atoms with Crippen LogP contribution in [0.25, 0.3) is 0 Å². The van der Waals surface area contributed by atoms with Gasteiger partial charge < -0.3 is 5.32 Å². The lowest BCUT2D eigenvalue weighted by Gasteiger charge is -2.55. The third-order valence-corrected chi connectivity index (χ3v) is 4.27. The molecule has 1 aromatic heterocycles. The van der Waals surface area contributed by atoms with E-state index in [9.17, 15) is 0 Å². The fourth-order valence-corrected chi connectivity index (χ4v) is 3.15. The Bertz CT molecular complexity index is 396.